The number of carbonyl (C=O) groups is 2. The Kier molecular flexibility index (Phi) is 5.55. The number of primary amides is 1. The summed E-state index contributed by atoms with van der Waals surface area (Å²) < 4.78 is 27.6. The number of benzene rings is 1. The van der Waals surface area contributed by atoms with Crippen molar-refractivity contribution < 1.29 is 18.0 Å². The number of hydrogen-bond donors (Lipinski definition) is 3. The van der Waals surface area contributed by atoms with Crippen molar-refractivity contribution in [1.29, 1.82) is 0 Å². The van der Waals surface area contributed by atoms with Gasteiger partial charge in [-0.15, -0.1) is 0 Å². The van der Waals surface area contributed by atoms with Gasteiger partial charge in [-0.2, -0.15) is 4.72 Å². The van der Waals surface area contributed by atoms with Crippen LogP contribution in [-0.4, -0.2) is 26.3 Å². The van der Waals surface area contributed by atoms with Crippen molar-refractivity contribution in [2.24, 2.45) is 11.1 Å². The van der Waals surface area contributed by atoms with E-state index in [1.807, 2.05) is 0 Å². The van der Waals surface area contributed by atoms with Gasteiger partial charge in [0.05, 0.1) is 4.90 Å². The van der Waals surface area contributed by atoms with Gasteiger partial charge in [0, 0.05) is 12.6 Å². The summed E-state index contributed by atoms with van der Waals surface area (Å²) in [6.07, 6.45) is 0. The molecular formula is C15H23N3O4S. The Morgan fingerprint density at radius 2 is 1.78 bits per heavy atom. The number of amides is 2. The zero-order valence-electron chi connectivity index (χ0n) is 13.9. The maximum Gasteiger partial charge on any atom is 0.241 e. The molecule has 0 unspecified atom stereocenters. The number of hydrogen-bond acceptors (Lipinski definition) is 4. The number of nitrogens with two attached hydrogens (primary N) is 1. The van der Waals surface area contributed by atoms with Gasteiger partial charge in [-0.1, -0.05) is 26.8 Å². The van der Waals surface area contributed by atoms with Gasteiger partial charge in [-0.3, -0.25) is 9.59 Å². The first kappa shape index (κ1) is 19.1. The average Bonchev–Trinajstić information content (AvgIpc) is 2.36. The molecule has 8 heteroatoms. The van der Waals surface area contributed by atoms with E-state index in [4.69, 9.17) is 5.73 Å². The molecule has 0 aliphatic rings. The lowest BCUT2D eigenvalue weighted by Crippen LogP contribution is -2.51. The first-order valence-electron chi connectivity index (χ1n) is 7.04. The van der Waals surface area contributed by atoms with Crippen molar-refractivity contribution in [2.45, 2.75) is 45.6 Å². The standard InChI is InChI=1S/C15H23N3O4S/c1-9-6-7-11(17-10(2)19)8-12(9)23(21,22)18-13(14(16)20)15(3,4)5/h6-8,13,18H,1-5H3,(H2,16,20)(H,17,19)/t13-/m1/s1. The number of anilines is 1. The van der Waals surface area contributed by atoms with E-state index in [1.54, 1.807) is 39.8 Å². The van der Waals surface area contributed by atoms with Gasteiger partial charge in [0.1, 0.15) is 6.04 Å². The minimum absolute atomic E-state index is 0.0146. The van der Waals surface area contributed by atoms with Crippen LogP contribution in [0.25, 0.3) is 0 Å². The quantitative estimate of drug-likeness (QED) is 0.744. The Hall–Kier alpha value is -1.93. The Morgan fingerprint density at radius 3 is 2.22 bits per heavy atom. The third-order valence-electron chi connectivity index (χ3n) is 3.22. The highest BCUT2D eigenvalue weighted by Gasteiger charge is 2.34. The molecule has 1 atom stereocenters. The summed E-state index contributed by atoms with van der Waals surface area (Å²) in [7, 11) is -3.98. The lowest BCUT2D eigenvalue weighted by Gasteiger charge is -2.28. The zero-order chi connectivity index (χ0) is 18.0. The lowest BCUT2D eigenvalue weighted by atomic mass is 9.87. The fourth-order valence-corrected chi connectivity index (χ4v) is 3.73. The predicted molar refractivity (Wildman–Crippen MR) is 88.2 cm³/mol. The van der Waals surface area contributed by atoms with Gasteiger partial charge in [-0.05, 0) is 30.0 Å². The van der Waals surface area contributed by atoms with Crippen LogP contribution in [0, 0.1) is 12.3 Å². The van der Waals surface area contributed by atoms with Crippen LogP contribution in [0.3, 0.4) is 0 Å². The van der Waals surface area contributed by atoms with Crippen molar-refractivity contribution in [3.05, 3.63) is 23.8 Å². The van der Waals surface area contributed by atoms with E-state index in [0.717, 1.165) is 0 Å². The molecule has 1 rings (SSSR count). The van der Waals surface area contributed by atoms with Crippen molar-refractivity contribution in [3.63, 3.8) is 0 Å². The van der Waals surface area contributed by atoms with Crippen LogP contribution in [0.4, 0.5) is 5.69 Å². The molecule has 128 valence electrons. The van der Waals surface area contributed by atoms with E-state index in [2.05, 4.69) is 10.0 Å². The largest absolute Gasteiger partial charge is 0.368 e. The second-order valence-corrected chi connectivity index (χ2v) is 8.17. The maximum absolute atomic E-state index is 12.6. The third-order valence-corrected chi connectivity index (χ3v) is 4.79. The van der Waals surface area contributed by atoms with Crippen LogP contribution in [0.1, 0.15) is 33.3 Å². The molecule has 2 amide bonds. The fraction of sp³-hybridized carbons (Fsp3) is 0.467. The second kappa shape index (κ2) is 6.67. The molecule has 4 N–H and O–H groups in total. The summed E-state index contributed by atoms with van der Waals surface area (Å²) in [4.78, 5) is 22.7. The van der Waals surface area contributed by atoms with Crippen LogP contribution in [-0.2, 0) is 19.6 Å². The van der Waals surface area contributed by atoms with Crippen molar-refractivity contribution in [1.82, 2.24) is 4.72 Å². The highest BCUT2D eigenvalue weighted by atomic mass is 32.2. The Labute approximate surface area is 136 Å². The normalized spacial score (nSPS) is 13.4. The molecule has 1 aromatic carbocycles. The van der Waals surface area contributed by atoms with Crippen LogP contribution in [0.15, 0.2) is 23.1 Å². The first-order chi connectivity index (χ1) is 10.3. The minimum atomic E-state index is -3.98. The molecule has 0 spiro atoms. The van der Waals surface area contributed by atoms with Gasteiger partial charge in [-0.25, -0.2) is 8.42 Å². The molecule has 0 radical (unpaired) electrons. The highest BCUT2D eigenvalue weighted by Crippen LogP contribution is 2.24. The maximum atomic E-state index is 12.6. The van der Waals surface area contributed by atoms with Crippen molar-refractivity contribution >= 4 is 27.5 Å². The number of aryl methyl sites for hydroxylation is 1. The van der Waals surface area contributed by atoms with Crippen LogP contribution >= 0.6 is 0 Å². The van der Waals surface area contributed by atoms with Crippen LogP contribution in [0.5, 0.6) is 0 Å². The summed E-state index contributed by atoms with van der Waals surface area (Å²) in [5.74, 6) is -1.06. The number of sulfonamides is 1. The van der Waals surface area contributed by atoms with E-state index in [0.29, 0.717) is 11.3 Å². The summed E-state index contributed by atoms with van der Waals surface area (Å²) in [6, 6.07) is 3.47. The van der Waals surface area contributed by atoms with E-state index in [-0.39, 0.29) is 10.8 Å². The van der Waals surface area contributed by atoms with Crippen LogP contribution < -0.4 is 15.8 Å². The predicted octanol–water partition coefficient (Wildman–Crippen LogP) is 1.13. The smallest absolute Gasteiger partial charge is 0.241 e. The Balaban J connectivity index is 3.27. The third kappa shape index (κ3) is 5.04. The number of carbonyl (C=O) groups excluding carboxylic acids is 2. The van der Waals surface area contributed by atoms with Crippen molar-refractivity contribution in [3.8, 4) is 0 Å². The summed E-state index contributed by atoms with van der Waals surface area (Å²) in [6.45, 7) is 8.10. The molecule has 0 saturated carbocycles. The molecule has 0 heterocycles. The van der Waals surface area contributed by atoms with Crippen LogP contribution in [0.2, 0.25) is 0 Å². The average molecular weight is 341 g/mol. The molecule has 0 aliphatic heterocycles. The minimum Gasteiger partial charge on any atom is -0.368 e. The highest BCUT2D eigenvalue weighted by molar-refractivity contribution is 7.89. The first-order valence-corrected chi connectivity index (χ1v) is 8.53. The van der Waals surface area contributed by atoms with E-state index < -0.39 is 27.4 Å². The Morgan fingerprint density at radius 1 is 1.22 bits per heavy atom. The molecule has 0 aromatic heterocycles. The molecule has 0 aliphatic carbocycles. The number of rotatable bonds is 5. The monoisotopic (exact) mass is 341 g/mol. The lowest BCUT2D eigenvalue weighted by molar-refractivity contribution is -0.121. The second-order valence-electron chi connectivity index (χ2n) is 6.48. The van der Waals surface area contributed by atoms with Gasteiger partial charge >= 0.3 is 0 Å². The van der Waals surface area contributed by atoms with E-state index in [1.165, 1.54) is 13.0 Å². The van der Waals surface area contributed by atoms with Crippen molar-refractivity contribution in [2.75, 3.05) is 5.32 Å². The topological polar surface area (TPSA) is 118 Å². The molecule has 0 saturated heterocycles. The van der Waals surface area contributed by atoms with Gasteiger partial charge in [0.15, 0.2) is 0 Å². The summed E-state index contributed by atoms with van der Waals surface area (Å²) in [5, 5.41) is 2.53. The van der Waals surface area contributed by atoms with Gasteiger partial charge in [0.25, 0.3) is 0 Å². The molecular weight excluding hydrogens is 318 g/mol. The van der Waals surface area contributed by atoms with Gasteiger partial charge < -0.3 is 11.1 Å². The SMILES string of the molecule is CC(=O)Nc1ccc(C)c(S(=O)(=O)N[C@H](C(N)=O)C(C)(C)C)c1. The molecule has 0 fully saturated rings. The fourth-order valence-electron chi connectivity index (χ4n) is 2.05. The molecule has 7 nitrogen and oxygen atoms in total. The van der Waals surface area contributed by atoms with E-state index in [9.17, 15) is 18.0 Å². The molecule has 1 aromatic rings. The summed E-state index contributed by atoms with van der Waals surface area (Å²) in [5.41, 5.74) is 5.49. The number of nitrogens with one attached hydrogen (secondary N) is 2. The molecule has 23 heavy (non-hydrogen) atoms. The zero-order valence-corrected chi connectivity index (χ0v) is 14.7. The van der Waals surface area contributed by atoms with E-state index >= 15 is 0 Å². The Bertz CT molecular complexity index is 721. The molecule has 0 bridgehead atoms. The summed E-state index contributed by atoms with van der Waals surface area (Å²) >= 11 is 0. The van der Waals surface area contributed by atoms with Gasteiger partial charge in [0.2, 0.25) is 21.8 Å².